The van der Waals surface area contributed by atoms with Gasteiger partial charge in [0.2, 0.25) is 0 Å². The Bertz CT molecular complexity index is 1320. The topological polar surface area (TPSA) is 17.8 Å². The van der Waals surface area contributed by atoms with Crippen molar-refractivity contribution in [1.82, 2.24) is 9.55 Å². The molecular weight excluding hydrogens is 436 g/mol. The van der Waals surface area contributed by atoms with E-state index in [0.29, 0.717) is 11.8 Å². The van der Waals surface area contributed by atoms with Crippen LogP contribution in [0.1, 0.15) is 51.3 Å². The van der Waals surface area contributed by atoms with Gasteiger partial charge in [0.15, 0.2) is 0 Å². The Balaban J connectivity index is 1.93. The second kappa shape index (κ2) is 11.4. The molecule has 1 aromatic heterocycles. The first-order valence-corrected chi connectivity index (χ1v) is 13.0. The lowest BCUT2D eigenvalue weighted by Gasteiger charge is -2.22. The van der Waals surface area contributed by atoms with E-state index in [9.17, 15) is 0 Å². The third kappa shape index (κ3) is 5.76. The van der Waals surface area contributed by atoms with Crippen molar-refractivity contribution in [3.05, 3.63) is 115 Å². The van der Waals surface area contributed by atoms with Gasteiger partial charge in [-0.1, -0.05) is 95.0 Å². The zero-order chi connectivity index (χ0) is 25.7. The fourth-order valence-electron chi connectivity index (χ4n) is 4.93. The Hall–Kier alpha value is -3.65. The quantitative estimate of drug-likeness (QED) is 0.221. The van der Waals surface area contributed by atoms with E-state index in [1.807, 2.05) is 12.3 Å². The molecule has 2 nitrogen and oxygen atoms in total. The molecule has 3 aromatic carbocycles. The molecule has 1 heterocycles. The van der Waals surface area contributed by atoms with Crippen molar-refractivity contribution in [2.45, 2.75) is 47.5 Å². The van der Waals surface area contributed by atoms with E-state index in [2.05, 4.69) is 125 Å². The van der Waals surface area contributed by atoms with Crippen LogP contribution in [0.25, 0.3) is 33.8 Å². The minimum atomic E-state index is 0.545. The highest BCUT2D eigenvalue weighted by molar-refractivity contribution is 5.73. The molecular formula is C34H38N2. The molecule has 2 heteroatoms. The Morgan fingerprint density at radius 3 is 2.08 bits per heavy atom. The minimum Gasteiger partial charge on any atom is -0.299 e. The van der Waals surface area contributed by atoms with E-state index >= 15 is 0 Å². The number of hydrogen-bond donors (Lipinski definition) is 0. The van der Waals surface area contributed by atoms with E-state index in [0.717, 1.165) is 24.2 Å². The van der Waals surface area contributed by atoms with Crippen LogP contribution < -0.4 is 0 Å². The number of imidazole rings is 1. The number of benzene rings is 3. The van der Waals surface area contributed by atoms with Gasteiger partial charge in [0.1, 0.15) is 5.82 Å². The first kappa shape index (κ1) is 25.4. The first-order chi connectivity index (χ1) is 17.4. The van der Waals surface area contributed by atoms with Crippen molar-refractivity contribution < 1.29 is 0 Å². The van der Waals surface area contributed by atoms with Gasteiger partial charge in [-0.15, -0.1) is 0 Å². The molecule has 0 aliphatic carbocycles. The Morgan fingerprint density at radius 1 is 0.833 bits per heavy atom. The van der Waals surface area contributed by atoms with Gasteiger partial charge in [0.05, 0.1) is 5.69 Å². The second-order valence-electron chi connectivity index (χ2n) is 10.5. The highest BCUT2D eigenvalue weighted by Crippen LogP contribution is 2.34. The minimum absolute atomic E-state index is 0.545. The monoisotopic (exact) mass is 474 g/mol. The van der Waals surface area contributed by atoms with Gasteiger partial charge in [-0.2, -0.15) is 0 Å². The van der Waals surface area contributed by atoms with Crippen molar-refractivity contribution in [1.29, 1.82) is 0 Å². The molecule has 0 radical (unpaired) electrons. The van der Waals surface area contributed by atoms with E-state index in [-0.39, 0.29) is 0 Å². The maximum atomic E-state index is 4.85. The third-order valence-corrected chi connectivity index (χ3v) is 6.46. The van der Waals surface area contributed by atoms with E-state index in [1.54, 1.807) is 0 Å². The Kier molecular flexibility index (Phi) is 8.05. The van der Waals surface area contributed by atoms with Crippen LogP contribution in [0, 0.1) is 11.8 Å². The lowest BCUT2D eigenvalue weighted by molar-refractivity contribution is 0.631. The van der Waals surface area contributed by atoms with E-state index in [4.69, 9.17) is 4.98 Å². The largest absolute Gasteiger partial charge is 0.299 e. The molecule has 0 saturated carbocycles. The summed E-state index contributed by atoms with van der Waals surface area (Å²) in [5, 5.41) is 0. The van der Waals surface area contributed by atoms with Crippen molar-refractivity contribution in [3.8, 4) is 28.2 Å². The smallest absolute Gasteiger partial charge is 0.144 e. The summed E-state index contributed by atoms with van der Waals surface area (Å²) < 4.78 is 2.32. The van der Waals surface area contributed by atoms with Gasteiger partial charge in [-0.3, -0.25) is 4.57 Å². The van der Waals surface area contributed by atoms with Gasteiger partial charge in [0, 0.05) is 18.0 Å². The van der Waals surface area contributed by atoms with Gasteiger partial charge in [0.25, 0.3) is 0 Å². The molecule has 0 aliphatic rings. The zero-order valence-corrected chi connectivity index (χ0v) is 22.3. The van der Waals surface area contributed by atoms with Crippen LogP contribution in [0.3, 0.4) is 0 Å². The van der Waals surface area contributed by atoms with Gasteiger partial charge in [-0.05, 0) is 83.2 Å². The number of hydrogen-bond acceptors (Lipinski definition) is 1. The lowest BCUT2D eigenvalue weighted by Crippen LogP contribution is -2.10. The third-order valence-electron chi connectivity index (χ3n) is 6.46. The standard InChI is InChI=1S/C34H38N2/c1-7-12-26(6)28-15-11-16-29(21-28)34-35-17-18-36(34)33-31(19-24(2)3)22-30(23-32(33)20-25(4)5)27-13-9-8-10-14-27/h7-18,21-25H,1,19-20H2,2-6H3/b26-12+. The molecule has 0 aliphatic heterocycles. The number of aromatic nitrogens is 2. The van der Waals surface area contributed by atoms with Crippen LogP contribution >= 0.6 is 0 Å². The molecule has 184 valence electrons. The summed E-state index contributed by atoms with van der Waals surface area (Å²) in [6, 6.07) is 24.2. The van der Waals surface area contributed by atoms with Crippen molar-refractivity contribution in [2.24, 2.45) is 11.8 Å². The summed E-state index contributed by atoms with van der Waals surface area (Å²) in [6.45, 7) is 15.2. The SMILES string of the molecule is C=C/C=C(\C)c1cccc(-c2nccn2-c2c(CC(C)C)cc(-c3ccccc3)cc2CC(C)C)c1. The van der Waals surface area contributed by atoms with E-state index in [1.165, 1.54) is 39.1 Å². The summed E-state index contributed by atoms with van der Waals surface area (Å²) >= 11 is 0. The first-order valence-electron chi connectivity index (χ1n) is 13.0. The summed E-state index contributed by atoms with van der Waals surface area (Å²) in [5.41, 5.74) is 10.1. The molecule has 0 saturated heterocycles. The van der Waals surface area contributed by atoms with Crippen molar-refractivity contribution >= 4 is 5.57 Å². The number of rotatable bonds is 9. The summed E-state index contributed by atoms with van der Waals surface area (Å²) in [6.07, 6.45) is 9.97. The van der Waals surface area contributed by atoms with Crippen LogP contribution in [-0.4, -0.2) is 9.55 Å². The number of allylic oxidation sites excluding steroid dienone is 3. The van der Waals surface area contributed by atoms with Crippen LogP contribution in [0.5, 0.6) is 0 Å². The van der Waals surface area contributed by atoms with E-state index < -0.39 is 0 Å². The maximum Gasteiger partial charge on any atom is 0.144 e. The second-order valence-corrected chi connectivity index (χ2v) is 10.5. The van der Waals surface area contributed by atoms with Gasteiger partial charge >= 0.3 is 0 Å². The molecule has 0 unspecified atom stereocenters. The van der Waals surface area contributed by atoms with Crippen LogP contribution in [0.4, 0.5) is 0 Å². The van der Waals surface area contributed by atoms with Crippen LogP contribution in [0.2, 0.25) is 0 Å². The molecule has 4 rings (SSSR count). The normalized spacial score (nSPS) is 11.9. The molecule has 0 fully saturated rings. The molecule has 0 spiro atoms. The fraction of sp³-hybridized carbons (Fsp3) is 0.265. The molecule has 4 aromatic rings. The highest BCUT2D eigenvalue weighted by Gasteiger charge is 2.19. The molecule has 0 amide bonds. The fourth-order valence-corrected chi connectivity index (χ4v) is 4.93. The molecule has 0 bridgehead atoms. The van der Waals surface area contributed by atoms with Gasteiger partial charge < -0.3 is 0 Å². The average Bonchev–Trinajstić information content (AvgIpc) is 3.33. The average molecular weight is 475 g/mol. The van der Waals surface area contributed by atoms with Crippen LogP contribution in [0.15, 0.2) is 97.9 Å². The predicted molar refractivity (Wildman–Crippen MR) is 155 cm³/mol. The molecule has 0 atom stereocenters. The summed E-state index contributed by atoms with van der Waals surface area (Å²) in [5.74, 6) is 2.07. The van der Waals surface area contributed by atoms with Crippen LogP contribution in [-0.2, 0) is 12.8 Å². The predicted octanol–water partition coefficient (Wildman–Crippen LogP) is 9.19. The van der Waals surface area contributed by atoms with Crippen molar-refractivity contribution in [3.63, 3.8) is 0 Å². The lowest BCUT2D eigenvalue weighted by atomic mass is 9.90. The van der Waals surface area contributed by atoms with Gasteiger partial charge in [-0.25, -0.2) is 4.98 Å². The van der Waals surface area contributed by atoms with Crippen molar-refractivity contribution in [2.75, 3.05) is 0 Å². The number of nitrogens with zero attached hydrogens (tertiary/aromatic N) is 2. The summed E-state index contributed by atoms with van der Waals surface area (Å²) in [4.78, 5) is 4.85. The zero-order valence-electron chi connectivity index (χ0n) is 22.3. The molecule has 36 heavy (non-hydrogen) atoms. The summed E-state index contributed by atoms with van der Waals surface area (Å²) in [7, 11) is 0. The Labute approximate surface area is 217 Å². The maximum absolute atomic E-state index is 4.85. The molecule has 0 N–H and O–H groups in total. The highest BCUT2D eigenvalue weighted by atomic mass is 15.1. The Morgan fingerprint density at radius 2 is 1.47 bits per heavy atom.